The molecule has 0 saturated carbocycles. The number of nitrogens with zero attached hydrogens (tertiary/aromatic N) is 2. The fraction of sp³-hybridized carbons (Fsp3) is 0.444. The lowest BCUT2D eigenvalue weighted by atomic mass is 10.0. The molecule has 3 aliphatic rings. The van der Waals surface area contributed by atoms with Gasteiger partial charge in [0.05, 0.1) is 16.3 Å². The van der Waals surface area contributed by atoms with E-state index in [4.69, 9.17) is 14.3 Å². The highest BCUT2D eigenvalue weighted by molar-refractivity contribution is 6.06. The standard InChI is InChI=1S/C27H31FN4O4/c1-16-12-31(13-17(2)36-16)14-19-6-3-5-18(25(19)28)11-29-22-8-4-7-20-21(22)15-32(27(20)35)23-9-10-24(33)30-26(23)34/h3-8,16-17,23,29H,9-15H2,1-2H3,(H,30,33,34)/i12D2,13D2,16D,17D,23D. The predicted molar refractivity (Wildman–Crippen MR) is 131 cm³/mol. The van der Waals surface area contributed by atoms with Crippen molar-refractivity contribution in [1.29, 1.82) is 0 Å². The lowest BCUT2D eigenvalue weighted by Gasteiger charge is -2.35. The molecule has 3 heterocycles. The number of carbonyl (C=O) groups is 3. The molecule has 9 heteroatoms. The third kappa shape index (κ3) is 4.85. The van der Waals surface area contributed by atoms with E-state index in [2.05, 4.69) is 10.6 Å². The van der Waals surface area contributed by atoms with Crippen LogP contribution in [-0.2, 0) is 34.0 Å². The number of piperidine rings is 1. The number of halogens is 1. The molecular weight excluding hydrogens is 463 g/mol. The summed E-state index contributed by atoms with van der Waals surface area (Å²) in [6.07, 6.45) is -4.87. The normalized spacial score (nSPS) is 36.4. The van der Waals surface area contributed by atoms with Gasteiger partial charge in [-0.15, -0.1) is 0 Å². The summed E-state index contributed by atoms with van der Waals surface area (Å²) in [5.41, 5.74) is 1.32. The second-order valence-corrected chi connectivity index (χ2v) is 8.81. The number of hydrogen-bond acceptors (Lipinski definition) is 6. The minimum atomic E-state index is -2.72. The van der Waals surface area contributed by atoms with E-state index >= 15 is 4.39 Å². The van der Waals surface area contributed by atoms with Gasteiger partial charge in [-0.2, -0.15) is 0 Å². The maximum Gasteiger partial charge on any atom is 0.255 e. The summed E-state index contributed by atoms with van der Waals surface area (Å²) >= 11 is 0. The largest absolute Gasteiger partial charge is 0.381 e. The average molecular weight is 502 g/mol. The van der Waals surface area contributed by atoms with Crippen LogP contribution in [0.25, 0.3) is 0 Å². The van der Waals surface area contributed by atoms with Gasteiger partial charge in [-0.1, -0.05) is 24.3 Å². The number of imide groups is 1. The number of benzene rings is 2. The Bertz CT molecular complexity index is 1500. The van der Waals surface area contributed by atoms with Gasteiger partial charge in [-0.05, 0) is 32.4 Å². The topological polar surface area (TPSA) is 91.0 Å². The highest BCUT2D eigenvalue weighted by Crippen LogP contribution is 2.32. The van der Waals surface area contributed by atoms with Gasteiger partial charge in [0.2, 0.25) is 11.8 Å². The molecule has 3 amide bonds. The number of amides is 3. The first-order chi connectivity index (χ1) is 19.8. The van der Waals surface area contributed by atoms with Crippen LogP contribution in [0.4, 0.5) is 10.1 Å². The number of nitrogens with one attached hydrogen (secondary N) is 2. The first kappa shape index (κ1) is 17.2. The Morgan fingerprint density at radius 3 is 2.61 bits per heavy atom. The Hall–Kier alpha value is -3.30. The lowest BCUT2D eigenvalue weighted by molar-refractivity contribution is -0.136. The summed E-state index contributed by atoms with van der Waals surface area (Å²) in [6.45, 7) is -4.02. The molecule has 8 nitrogen and oxygen atoms in total. The van der Waals surface area contributed by atoms with Gasteiger partial charge in [-0.3, -0.25) is 24.6 Å². The fourth-order valence-corrected chi connectivity index (χ4v) is 4.60. The number of anilines is 1. The van der Waals surface area contributed by atoms with Gasteiger partial charge in [0, 0.05) is 72.5 Å². The van der Waals surface area contributed by atoms with Crippen LogP contribution < -0.4 is 10.6 Å². The Kier molecular flexibility index (Phi) is 4.77. The molecule has 2 aromatic carbocycles. The first-order valence-electron chi connectivity index (χ1n) is 15.1. The molecule has 0 bridgehead atoms. The SMILES string of the molecule is [2H]C1(N2Cc3c(NCc4cccc(CN5C([2H])([2H])C([2H])(C)OC([2H])(C)C5([2H])[2H])c4F)cccc3C2=O)CCC(=O)NC1=O. The van der Waals surface area contributed by atoms with Gasteiger partial charge in [0.15, 0.2) is 0 Å². The quantitative estimate of drug-likeness (QED) is 0.592. The van der Waals surface area contributed by atoms with Crippen LogP contribution in [-0.4, -0.2) is 58.7 Å². The molecule has 3 aliphatic heterocycles. The summed E-state index contributed by atoms with van der Waals surface area (Å²) in [7, 11) is 0. The second-order valence-electron chi connectivity index (χ2n) is 8.81. The molecule has 2 saturated heterocycles. The number of morpholine rings is 1. The van der Waals surface area contributed by atoms with E-state index in [0.717, 1.165) is 18.7 Å². The number of fused-ring (bicyclic) bond motifs is 1. The van der Waals surface area contributed by atoms with Crippen molar-refractivity contribution in [2.75, 3.05) is 18.3 Å². The van der Waals surface area contributed by atoms with E-state index in [-0.39, 0.29) is 42.6 Å². The molecule has 0 aromatic heterocycles. The van der Waals surface area contributed by atoms with Gasteiger partial charge in [-0.25, -0.2) is 4.39 Å². The Labute approximate surface area is 219 Å². The highest BCUT2D eigenvalue weighted by atomic mass is 19.1. The van der Waals surface area contributed by atoms with Crippen LogP contribution >= 0.6 is 0 Å². The summed E-state index contributed by atoms with van der Waals surface area (Å²) < 4.78 is 80.0. The predicted octanol–water partition coefficient (Wildman–Crippen LogP) is 2.81. The van der Waals surface area contributed by atoms with Crippen molar-refractivity contribution in [3.8, 4) is 0 Å². The molecule has 36 heavy (non-hydrogen) atoms. The van der Waals surface area contributed by atoms with Crippen LogP contribution in [0.3, 0.4) is 0 Å². The molecule has 0 spiro atoms. The molecule has 0 radical (unpaired) electrons. The number of rotatable bonds is 6. The van der Waals surface area contributed by atoms with Crippen molar-refractivity contribution < 1.29 is 33.1 Å². The van der Waals surface area contributed by atoms with Gasteiger partial charge in [0.1, 0.15) is 11.8 Å². The van der Waals surface area contributed by atoms with Crippen molar-refractivity contribution in [1.82, 2.24) is 15.1 Å². The zero-order valence-corrected chi connectivity index (χ0v) is 19.9. The Morgan fingerprint density at radius 1 is 1.14 bits per heavy atom. The lowest BCUT2D eigenvalue weighted by Crippen LogP contribution is -2.52. The van der Waals surface area contributed by atoms with E-state index in [0.29, 0.717) is 16.2 Å². The van der Waals surface area contributed by atoms with Crippen molar-refractivity contribution in [2.45, 2.75) is 64.5 Å². The number of ether oxygens (including phenoxy) is 1. The Morgan fingerprint density at radius 2 is 1.86 bits per heavy atom. The molecule has 190 valence electrons. The van der Waals surface area contributed by atoms with Crippen molar-refractivity contribution in [3.63, 3.8) is 0 Å². The first-order valence-corrected chi connectivity index (χ1v) is 11.6. The summed E-state index contributed by atoms with van der Waals surface area (Å²) in [5.74, 6) is -2.66. The fourth-order valence-electron chi connectivity index (χ4n) is 4.60. The third-order valence-corrected chi connectivity index (χ3v) is 6.24. The number of hydrogen-bond donors (Lipinski definition) is 2. The molecular formula is C27H31FN4O4. The van der Waals surface area contributed by atoms with Gasteiger partial charge in [0.25, 0.3) is 5.91 Å². The van der Waals surface area contributed by atoms with Crippen molar-refractivity contribution in [3.05, 3.63) is 64.5 Å². The molecule has 2 fully saturated rings. The second kappa shape index (κ2) is 9.99. The molecule has 2 N–H and O–H groups in total. The highest BCUT2D eigenvalue weighted by Gasteiger charge is 2.39. The smallest absolute Gasteiger partial charge is 0.255 e. The van der Waals surface area contributed by atoms with Crippen molar-refractivity contribution >= 4 is 23.4 Å². The summed E-state index contributed by atoms with van der Waals surface area (Å²) in [5, 5.41) is 5.21. The molecule has 0 aliphatic carbocycles. The molecule has 5 rings (SSSR count). The van der Waals surface area contributed by atoms with E-state index in [9.17, 15) is 14.4 Å². The van der Waals surface area contributed by atoms with Crippen LogP contribution in [0.5, 0.6) is 0 Å². The van der Waals surface area contributed by atoms with Crippen LogP contribution in [0.1, 0.15) is 63.3 Å². The van der Waals surface area contributed by atoms with Crippen molar-refractivity contribution in [2.24, 2.45) is 0 Å². The zero-order valence-electron chi connectivity index (χ0n) is 26.9. The minimum Gasteiger partial charge on any atom is -0.381 e. The van der Waals surface area contributed by atoms with E-state index in [1.807, 2.05) is 0 Å². The number of carbonyl (C=O) groups excluding carboxylic acids is 3. The minimum absolute atomic E-state index is 0.0609. The van der Waals surface area contributed by atoms with Crippen LogP contribution in [0.15, 0.2) is 36.4 Å². The van der Waals surface area contributed by atoms with Gasteiger partial charge < -0.3 is 15.0 Å². The van der Waals surface area contributed by atoms with E-state index in [1.54, 1.807) is 18.2 Å². The van der Waals surface area contributed by atoms with E-state index in [1.165, 1.54) is 18.2 Å². The van der Waals surface area contributed by atoms with Crippen LogP contribution in [0, 0.1) is 5.82 Å². The van der Waals surface area contributed by atoms with Crippen LogP contribution in [0.2, 0.25) is 0 Å². The molecule has 2 aromatic rings. The molecule has 3 unspecified atom stereocenters. The monoisotopic (exact) mass is 501 g/mol. The maximum atomic E-state index is 15.8. The summed E-state index contributed by atoms with van der Waals surface area (Å²) in [4.78, 5) is 39.1. The Balaban J connectivity index is 1.38. The summed E-state index contributed by atoms with van der Waals surface area (Å²) in [6, 6.07) is 7.25. The molecule has 3 atom stereocenters. The zero-order chi connectivity index (χ0) is 31.8. The average Bonchev–Trinajstić information content (AvgIpc) is 3.25. The van der Waals surface area contributed by atoms with Gasteiger partial charge >= 0.3 is 0 Å². The van der Waals surface area contributed by atoms with E-state index < -0.39 is 61.3 Å². The third-order valence-electron chi connectivity index (χ3n) is 6.24. The maximum absolute atomic E-state index is 15.8.